The lowest BCUT2D eigenvalue weighted by Crippen LogP contribution is -2.03. The van der Waals surface area contributed by atoms with E-state index < -0.39 is 11.6 Å². The van der Waals surface area contributed by atoms with Gasteiger partial charge in [-0.1, -0.05) is 18.2 Å². The summed E-state index contributed by atoms with van der Waals surface area (Å²) in [6, 6.07) is 10.4. The molecule has 0 radical (unpaired) electrons. The van der Waals surface area contributed by atoms with E-state index >= 15 is 0 Å². The first-order valence-electron chi connectivity index (χ1n) is 5.61. The molecule has 0 aliphatic rings. The van der Waals surface area contributed by atoms with Crippen LogP contribution in [0.3, 0.4) is 0 Å². The van der Waals surface area contributed by atoms with Gasteiger partial charge in [-0.15, -0.1) is 0 Å². The Balaban J connectivity index is 2.22. The molecule has 0 unspecified atom stereocenters. The summed E-state index contributed by atoms with van der Waals surface area (Å²) in [5, 5.41) is 0. The second-order valence-electron chi connectivity index (χ2n) is 3.84. The maximum absolute atomic E-state index is 13.7. The molecule has 0 saturated carbocycles. The molecular weight excluding hydrogens is 236 g/mol. The van der Waals surface area contributed by atoms with Gasteiger partial charge in [0.1, 0.15) is 0 Å². The minimum Gasteiger partial charge on any atom is -0.451 e. The van der Waals surface area contributed by atoms with E-state index in [2.05, 4.69) is 0 Å². The molecule has 2 aromatic carbocycles. The van der Waals surface area contributed by atoms with Gasteiger partial charge >= 0.3 is 0 Å². The predicted octanol–water partition coefficient (Wildman–Crippen LogP) is 3.26. The Labute approximate surface area is 104 Å². The fourth-order valence-electron chi connectivity index (χ4n) is 1.60. The van der Waals surface area contributed by atoms with Crippen LogP contribution in [0.15, 0.2) is 42.5 Å². The summed E-state index contributed by atoms with van der Waals surface area (Å²) in [7, 11) is 0. The molecule has 94 valence electrons. The van der Waals surface area contributed by atoms with Crippen LogP contribution in [-0.4, -0.2) is 6.54 Å². The predicted molar refractivity (Wildman–Crippen MR) is 65.6 cm³/mol. The first-order valence-corrected chi connectivity index (χ1v) is 5.61. The lowest BCUT2D eigenvalue weighted by atomic mass is 10.1. The van der Waals surface area contributed by atoms with E-state index in [4.69, 9.17) is 10.5 Å². The molecule has 18 heavy (non-hydrogen) atoms. The highest BCUT2D eigenvalue weighted by atomic mass is 19.1. The Morgan fingerprint density at radius 2 is 1.67 bits per heavy atom. The standard InChI is InChI=1S/C14H13F2NO/c15-11-3-1-2-4-13(11)18-14-6-5-10(7-8-17)9-12(14)16/h1-6,9H,7-8,17H2. The highest BCUT2D eigenvalue weighted by Crippen LogP contribution is 2.27. The van der Waals surface area contributed by atoms with Gasteiger partial charge in [-0.3, -0.25) is 0 Å². The number of ether oxygens (including phenoxy) is 1. The van der Waals surface area contributed by atoms with Crippen LogP contribution in [0.4, 0.5) is 8.78 Å². The average molecular weight is 249 g/mol. The van der Waals surface area contributed by atoms with Crippen LogP contribution in [0, 0.1) is 11.6 Å². The van der Waals surface area contributed by atoms with Gasteiger partial charge in [0.25, 0.3) is 0 Å². The molecule has 0 fully saturated rings. The number of hydrogen-bond acceptors (Lipinski definition) is 2. The van der Waals surface area contributed by atoms with Gasteiger partial charge in [0.05, 0.1) is 0 Å². The average Bonchev–Trinajstić information content (AvgIpc) is 2.35. The van der Waals surface area contributed by atoms with Gasteiger partial charge < -0.3 is 10.5 Å². The summed E-state index contributed by atoms with van der Waals surface area (Å²) >= 11 is 0. The summed E-state index contributed by atoms with van der Waals surface area (Å²) < 4.78 is 32.2. The van der Waals surface area contributed by atoms with Crippen molar-refractivity contribution in [1.82, 2.24) is 0 Å². The fourth-order valence-corrected chi connectivity index (χ4v) is 1.60. The van der Waals surface area contributed by atoms with Gasteiger partial charge in [-0.05, 0) is 42.8 Å². The van der Waals surface area contributed by atoms with Crippen molar-refractivity contribution in [2.45, 2.75) is 6.42 Å². The second kappa shape index (κ2) is 5.60. The van der Waals surface area contributed by atoms with Gasteiger partial charge in [0, 0.05) is 0 Å². The van der Waals surface area contributed by atoms with Crippen LogP contribution in [0.5, 0.6) is 11.5 Å². The summed E-state index contributed by atoms with van der Waals surface area (Å²) in [5.74, 6) is -1.05. The molecule has 0 atom stereocenters. The molecule has 0 aliphatic carbocycles. The maximum atomic E-state index is 13.7. The van der Waals surface area contributed by atoms with Crippen molar-refractivity contribution in [3.05, 3.63) is 59.7 Å². The monoisotopic (exact) mass is 249 g/mol. The minimum absolute atomic E-state index is 0.000807. The quantitative estimate of drug-likeness (QED) is 0.902. The number of rotatable bonds is 4. The zero-order chi connectivity index (χ0) is 13.0. The Morgan fingerprint density at radius 1 is 0.944 bits per heavy atom. The van der Waals surface area contributed by atoms with Crippen LogP contribution in [0.2, 0.25) is 0 Å². The van der Waals surface area contributed by atoms with Crippen LogP contribution in [0.25, 0.3) is 0 Å². The van der Waals surface area contributed by atoms with E-state index in [1.165, 1.54) is 24.3 Å². The maximum Gasteiger partial charge on any atom is 0.165 e. The molecule has 0 bridgehead atoms. The molecule has 0 aliphatic heterocycles. The third-order valence-electron chi connectivity index (χ3n) is 2.49. The van der Waals surface area contributed by atoms with Gasteiger partial charge in [-0.25, -0.2) is 8.78 Å². The molecule has 2 N–H and O–H groups in total. The van der Waals surface area contributed by atoms with Crippen LogP contribution >= 0.6 is 0 Å². The molecule has 2 aromatic rings. The molecular formula is C14H13F2NO. The fraction of sp³-hybridized carbons (Fsp3) is 0.143. The van der Waals surface area contributed by atoms with Crippen molar-refractivity contribution in [2.24, 2.45) is 5.73 Å². The van der Waals surface area contributed by atoms with E-state index in [0.717, 1.165) is 5.56 Å². The molecule has 0 heterocycles. The van der Waals surface area contributed by atoms with Crippen molar-refractivity contribution in [2.75, 3.05) is 6.54 Å². The molecule has 0 saturated heterocycles. The van der Waals surface area contributed by atoms with Crippen LogP contribution in [0.1, 0.15) is 5.56 Å². The minimum atomic E-state index is -0.525. The van der Waals surface area contributed by atoms with Crippen molar-refractivity contribution < 1.29 is 13.5 Å². The first-order chi connectivity index (χ1) is 8.70. The topological polar surface area (TPSA) is 35.2 Å². The van der Waals surface area contributed by atoms with E-state index in [0.29, 0.717) is 13.0 Å². The number of halogens is 2. The van der Waals surface area contributed by atoms with Crippen LogP contribution < -0.4 is 10.5 Å². The zero-order valence-electron chi connectivity index (χ0n) is 9.70. The largest absolute Gasteiger partial charge is 0.451 e. The normalized spacial score (nSPS) is 10.4. The summed E-state index contributed by atoms with van der Waals surface area (Å²) in [5.41, 5.74) is 6.18. The Bertz CT molecular complexity index is 543. The van der Waals surface area contributed by atoms with E-state index in [1.54, 1.807) is 18.2 Å². The highest BCUT2D eigenvalue weighted by Gasteiger charge is 2.08. The lowest BCUT2D eigenvalue weighted by molar-refractivity contribution is 0.414. The van der Waals surface area contributed by atoms with Crippen LogP contribution in [-0.2, 0) is 6.42 Å². The smallest absolute Gasteiger partial charge is 0.165 e. The number of hydrogen-bond donors (Lipinski definition) is 1. The molecule has 2 rings (SSSR count). The van der Waals surface area contributed by atoms with Crippen molar-refractivity contribution in [3.8, 4) is 11.5 Å². The SMILES string of the molecule is NCCc1ccc(Oc2ccccc2F)c(F)c1. The first kappa shape index (κ1) is 12.5. The number of benzene rings is 2. The van der Waals surface area contributed by atoms with E-state index in [1.807, 2.05) is 0 Å². The Kier molecular flexibility index (Phi) is 3.89. The molecule has 0 amide bonds. The number of para-hydroxylation sites is 1. The molecule has 0 spiro atoms. The lowest BCUT2D eigenvalue weighted by Gasteiger charge is -2.08. The Morgan fingerprint density at radius 3 is 2.33 bits per heavy atom. The highest BCUT2D eigenvalue weighted by molar-refractivity contribution is 5.35. The van der Waals surface area contributed by atoms with Crippen molar-refractivity contribution in [1.29, 1.82) is 0 Å². The van der Waals surface area contributed by atoms with Crippen molar-refractivity contribution >= 4 is 0 Å². The van der Waals surface area contributed by atoms with Gasteiger partial charge in [-0.2, -0.15) is 0 Å². The van der Waals surface area contributed by atoms with E-state index in [9.17, 15) is 8.78 Å². The zero-order valence-corrected chi connectivity index (χ0v) is 9.70. The summed E-state index contributed by atoms with van der Waals surface area (Å²) in [6.07, 6.45) is 0.594. The van der Waals surface area contributed by atoms with E-state index in [-0.39, 0.29) is 11.5 Å². The van der Waals surface area contributed by atoms with Crippen molar-refractivity contribution in [3.63, 3.8) is 0 Å². The summed E-state index contributed by atoms with van der Waals surface area (Å²) in [6.45, 7) is 0.451. The molecule has 4 heteroatoms. The van der Waals surface area contributed by atoms with Gasteiger partial charge in [0.2, 0.25) is 0 Å². The Hall–Kier alpha value is -1.94. The second-order valence-corrected chi connectivity index (χ2v) is 3.84. The molecule has 2 nitrogen and oxygen atoms in total. The number of nitrogens with two attached hydrogens (primary N) is 1. The summed E-state index contributed by atoms with van der Waals surface area (Å²) in [4.78, 5) is 0. The molecule has 0 aromatic heterocycles. The third-order valence-corrected chi connectivity index (χ3v) is 2.49. The third kappa shape index (κ3) is 2.84. The van der Waals surface area contributed by atoms with Gasteiger partial charge in [0.15, 0.2) is 23.1 Å².